The molecule has 24 heavy (non-hydrogen) atoms. The summed E-state index contributed by atoms with van der Waals surface area (Å²) in [6.07, 6.45) is 2.70. The molecule has 3 N–H and O–H groups in total. The predicted octanol–water partition coefficient (Wildman–Crippen LogP) is 4.54. The summed E-state index contributed by atoms with van der Waals surface area (Å²) in [5.41, 5.74) is 13.7. The van der Waals surface area contributed by atoms with Crippen LogP contribution < -0.4 is 10.6 Å². The zero-order chi connectivity index (χ0) is 16.8. The maximum atomic E-state index is 8.26. The number of para-hydroxylation sites is 1. The average molecular weight is 316 g/mol. The van der Waals surface area contributed by atoms with Crippen molar-refractivity contribution >= 4 is 34.2 Å². The molecule has 1 atom stereocenters. The number of nitrogens with two attached hydrogens (primary N) is 1. The van der Waals surface area contributed by atoms with Crippen LogP contribution in [0.4, 0.5) is 22.7 Å². The summed E-state index contributed by atoms with van der Waals surface area (Å²) < 4.78 is 0. The second kappa shape index (κ2) is 5.34. The fraction of sp³-hybridized carbons (Fsp3) is 0.200. The van der Waals surface area contributed by atoms with Crippen LogP contribution in [-0.2, 0) is 0 Å². The average Bonchev–Trinajstić information content (AvgIpc) is 2.57. The van der Waals surface area contributed by atoms with E-state index in [1.807, 2.05) is 50.3 Å². The largest absolute Gasteiger partial charge is 0.398 e. The summed E-state index contributed by atoms with van der Waals surface area (Å²) in [6.45, 7) is 3.99. The predicted molar refractivity (Wildman–Crippen MR) is 101 cm³/mol. The van der Waals surface area contributed by atoms with Crippen LogP contribution in [0.5, 0.6) is 0 Å². The van der Waals surface area contributed by atoms with Crippen LogP contribution in [0, 0.1) is 12.3 Å². The van der Waals surface area contributed by atoms with E-state index in [4.69, 9.17) is 16.1 Å². The summed E-state index contributed by atoms with van der Waals surface area (Å²) in [4.78, 5) is 7.15. The van der Waals surface area contributed by atoms with E-state index >= 15 is 0 Å². The van der Waals surface area contributed by atoms with Crippen LogP contribution in [0.2, 0.25) is 0 Å². The van der Waals surface area contributed by atoms with Crippen molar-refractivity contribution in [3.8, 4) is 0 Å². The Morgan fingerprint density at radius 3 is 2.67 bits per heavy atom. The molecule has 0 spiro atoms. The Bertz CT molecular complexity index is 893. The number of fused-ring (bicyclic) bond motifs is 2. The lowest BCUT2D eigenvalue weighted by atomic mass is 9.89. The second-order valence-corrected chi connectivity index (χ2v) is 6.47. The van der Waals surface area contributed by atoms with Gasteiger partial charge >= 0.3 is 0 Å². The van der Waals surface area contributed by atoms with E-state index in [0.717, 1.165) is 39.6 Å². The first kappa shape index (κ1) is 14.7. The number of aryl methyl sites for hydroxylation is 1. The number of rotatable bonds is 1. The molecule has 1 unspecified atom stereocenters. The first-order valence-corrected chi connectivity index (χ1v) is 8.13. The molecule has 1 aliphatic carbocycles. The zero-order valence-electron chi connectivity index (χ0n) is 13.9. The molecule has 0 radical (unpaired) electrons. The van der Waals surface area contributed by atoms with Gasteiger partial charge in [0.05, 0.1) is 23.1 Å². The number of hydrogen-bond donors (Lipinski definition) is 2. The molecule has 2 aliphatic rings. The van der Waals surface area contributed by atoms with Gasteiger partial charge in [-0.05, 0) is 55.3 Å². The standard InChI is InChI=1S/C20H20N4/c1-12-8-17-19(10-15(12)21)24(14-6-4-3-5-7-14)20-11-16(22)13(2)9-18(20)23-17/h3-10,20,22H,11,21H2,1-2H3. The van der Waals surface area contributed by atoms with E-state index in [0.29, 0.717) is 12.1 Å². The molecule has 4 heteroatoms. The van der Waals surface area contributed by atoms with Gasteiger partial charge in [-0.1, -0.05) is 18.2 Å². The minimum absolute atomic E-state index is 0.0400. The minimum atomic E-state index is 0.0400. The first-order valence-electron chi connectivity index (χ1n) is 8.13. The second-order valence-electron chi connectivity index (χ2n) is 6.47. The lowest BCUT2D eigenvalue weighted by molar-refractivity contribution is 0.830. The number of nitrogen functional groups attached to an aromatic ring is 1. The highest BCUT2D eigenvalue weighted by molar-refractivity contribution is 6.18. The Labute approximate surface area is 141 Å². The van der Waals surface area contributed by atoms with Crippen molar-refractivity contribution < 1.29 is 0 Å². The SMILES string of the molecule is CC1=CC2=Nc3cc(C)c(N)cc3N(c3ccccc3)C2CC1=N. The molecule has 0 amide bonds. The highest BCUT2D eigenvalue weighted by Gasteiger charge is 2.34. The van der Waals surface area contributed by atoms with Crippen LogP contribution >= 0.6 is 0 Å². The highest BCUT2D eigenvalue weighted by Crippen LogP contribution is 2.43. The summed E-state index contributed by atoms with van der Waals surface area (Å²) in [6, 6.07) is 14.4. The zero-order valence-corrected chi connectivity index (χ0v) is 13.9. The van der Waals surface area contributed by atoms with E-state index < -0.39 is 0 Å². The Morgan fingerprint density at radius 2 is 1.92 bits per heavy atom. The highest BCUT2D eigenvalue weighted by atomic mass is 15.2. The van der Waals surface area contributed by atoms with E-state index in [2.05, 4.69) is 17.0 Å². The summed E-state index contributed by atoms with van der Waals surface area (Å²) in [5, 5.41) is 8.26. The molecule has 1 heterocycles. The van der Waals surface area contributed by atoms with Gasteiger partial charge in [-0.2, -0.15) is 0 Å². The van der Waals surface area contributed by atoms with Crippen molar-refractivity contribution in [3.05, 3.63) is 59.7 Å². The smallest absolute Gasteiger partial charge is 0.0875 e. The van der Waals surface area contributed by atoms with Gasteiger partial charge in [0.1, 0.15) is 0 Å². The Hall–Kier alpha value is -2.88. The fourth-order valence-corrected chi connectivity index (χ4v) is 3.39. The first-order chi connectivity index (χ1) is 11.5. The summed E-state index contributed by atoms with van der Waals surface area (Å²) in [5.74, 6) is 0. The minimum Gasteiger partial charge on any atom is -0.398 e. The number of hydrogen-bond acceptors (Lipinski definition) is 4. The van der Waals surface area contributed by atoms with E-state index in [1.165, 1.54) is 0 Å². The van der Waals surface area contributed by atoms with Gasteiger partial charge < -0.3 is 16.0 Å². The van der Waals surface area contributed by atoms with Gasteiger partial charge in [0.25, 0.3) is 0 Å². The Morgan fingerprint density at radius 1 is 1.17 bits per heavy atom. The molecule has 0 bridgehead atoms. The lowest BCUT2D eigenvalue weighted by Gasteiger charge is -2.40. The van der Waals surface area contributed by atoms with Crippen molar-refractivity contribution in [1.29, 1.82) is 5.41 Å². The molecule has 0 aromatic heterocycles. The maximum absolute atomic E-state index is 8.26. The molecule has 4 rings (SSSR count). The normalized spacial score (nSPS) is 19.3. The van der Waals surface area contributed by atoms with Crippen molar-refractivity contribution in [2.24, 2.45) is 4.99 Å². The van der Waals surface area contributed by atoms with E-state index in [9.17, 15) is 0 Å². The number of nitrogens with zero attached hydrogens (tertiary/aromatic N) is 2. The van der Waals surface area contributed by atoms with Crippen LogP contribution in [0.25, 0.3) is 0 Å². The summed E-state index contributed by atoms with van der Waals surface area (Å²) in [7, 11) is 0. The number of benzene rings is 2. The van der Waals surface area contributed by atoms with Gasteiger partial charge in [-0.25, -0.2) is 4.99 Å². The lowest BCUT2D eigenvalue weighted by Crippen LogP contribution is -2.43. The molecule has 2 aromatic rings. The topological polar surface area (TPSA) is 65.5 Å². The number of allylic oxidation sites excluding steroid dienone is 1. The third-order valence-electron chi connectivity index (χ3n) is 4.80. The maximum Gasteiger partial charge on any atom is 0.0875 e. The van der Waals surface area contributed by atoms with Crippen molar-refractivity contribution in [3.63, 3.8) is 0 Å². The van der Waals surface area contributed by atoms with Crippen LogP contribution in [0.15, 0.2) is 59.1 Å². The van der Waals surface area contributed by atoms with Crippen molar-refractivity contribution in [1.82, 2.24) is 0 Å². The van der Waals surface area contributed by atoms with Crippen LogP contribution in [0.1, 0.15) is 18.9 Å². The van der Waals surface area contributed by atoms with Crippen LogP contribution in [0.3, 0.4) is 0 Å². The molecule has 1 aliphatic heterocycles. The Kier molecular flexibility index (Phi) is 3.27. The molecule has 4 nitrogen and oxygen atoms in total. The molecular formula is C20H20N4. The van der Waals surface area contributed by atoms with Crippen LogP contribution in [-0.4, -0.2) is 17.5 Å². The Balaban J connectivity index is 1.97. The monoisotopic (exact) mass is 316 g/mol. The van der Waals surface area contributed by atoms with Gasteiger partial charge in [-0.3, -0.25) is 0 Å². The third-order valence-corrected chi connectivity index (χ3v) is 4.80. The van der Waals surface area contributed by atoms with Gasteiger partial charge in [0.15, 0.2) is 0 Å². The molecule has 0 fully saturated rings. The summed E-state index contributed by atoms with van der Waals surface area (Å²) >= 11 is 0. The van der Waals surface area contributed by atoms with E-state index in [1.54, 1.807) is 0 Å². The number of aliphatic imine (C=N–C) groups is 1. The van der Waals surface area contributed by atoms with Gasteiger partial charge in [0.2, 0.25) is 0 Å². The van der Waals surface area contributed by atoms with Gasteiger partial charge in [-0.15, -0.1) is 0 Å². The third kappa shape index (κ3) is 2.22. The number of anilines is 3. The number of nitrogens with one attached hydrogen (secondary N) is 1. The van der Waals surface area contributed by atoms with Crippen molar-refractivity contribution in [2.75, 3.05) is 10.6 Å². The molecule has 2 aromatic carbocycles. The van der Waals surface area contributed by atoms with Gasteiger partial charge in [0, 0.05) is 23.5 Å². The molecule has 0 saturated carbocycles. The molecule has 120 valence electrons. The molecular weight excluding hydrogens is 296 g/mol. The van der Waals surface area contributed by atoms with Crippen molar-refractivity contribution in [2.45, 2.75) is 26.3 Å². The fourth-order valence-electron chi connectivity index (χ4n) is 3.39. The quantitative estimate of drug-likeness (QED) is 0.759. The molecule has 0 saturated heterocycles. The van der Waals surface area contributed by atoms with E-state index in [-0.39, 0.29) is 6.04 Å².